The predicted octanol–water partition coefficient (Wildman–Crippen LogP) is 8.30. The summed E-state index contributed by atoms with van der Waals surface area (Å²) < 4.78 is 7.22. The number of esters is 1. The number of benzene rings is 4. The van der Waals surface area contributed by atoms with E-state index in [1.54, 1.807) is 48.5 Å². The van der Waals surface area contributed by atoms with Crippen molar-refractivity contribution in [2.45, 2.75) is 6.92 Å². The van der Waals surface area contributed by atoms with Gasteiger partial charge in [-0.1, -0.05) is 79.9 Å². The van der Waals surface area contributed by atoms with Gasteiger partial charge in [-0.2, -0.15) is 5.10 Å². The van der Waals surface area contributed by atoms with Gasteiger partial charge in [-0.3, -0.25) is 4.79 Å². The number of rotatable bonds is 6. The molecule has 0 aliphatic heterocycles. The van der Waals surface area contributed by atoms with Crippen LogP contribution in [-0.2, 0) is 0 Å². The molecule has 5 aromatic rings. The van der Waals surface area contributed by atoms with E-state index in [-0.39, 0.29) is 0 Å². The highest BCUT2D eigenvalue weighted by Gasteiger charge is 2.21. The summed E-state index contributed by atoms with van der Waals surface area (Å²) in [5, 5.41) is 5.58. The van der Waals surface area contributed by atoms with E-state index in [1.807, 2.05) is 43.3 Å². The molecule has 1 heterocycles. The Morgan fingerprint density at radius 2 is 1.69 bits per heavy atom. The molecule has 194 valence electrons. The first-order chi connectivity index (χ1) is 18.8. The van der Waals surface area contributed by atoms with Gasteiger partial charge in [0.15, 0.2) is 0 Å². The van der Waals surface area contributed by atoms with Gasteiger partial charge in [0.05, 0.1) is 11.8 Å². The van der Waals surface area contributed by atoms with Crippen molar-refractivity contribution in [2.24, 2.45) is 5.10 Å². The van der Waals surface area contributed by atoms with E-state index in [0.29, 0.717) is 33.2 Å². The maximum Gasteiger partial charge on any atom is 0.343 e. The van der Waals surface area contributed by atoms with Gasteiger partial charge in [0.2, 0.25) is 0 Å². The lowest BCUT2D eigenvalue weighted by Crippen LogP contribution is -2.19. The van der Waals surface area contributed by atoms with Crippen LogP contribution in [0.2, 0.25) is 5.02 Å². The summed E-state index contributed by atoms with van der Waals surface area (Å²) in [6.07, 6.45) is 1.43. The quantitative estimate of drug-likeness (QED) is 0.0829. The number of nitrogens with one attached hydrogen (secondary N) is 2. The number of aromatic nitrogens is 1. The van der Waals surface area contributed by atoms with Crippen LogP contribution in [0, 0.1) is 6.92 Å². The van der Waals surface area contributed by atoms with Gasteiger partial charge in [0, 0.05) is 41.6 Å². The minimum Gasteiger partial charge on any atom is -0.422 e. The summed E-state index contributed by atoms with van der Waals surface area (Å²) in [6.45, 7) is 1.97. The van der Waals surface area contributed by atoms with E-state index in [9.17, 15) is 9.59 Å². The van der Waals surface area contributed by atoms with Gasteiger partial charge >= 0.3 is 5.97 Å². The lowest BCUT2D eigenvalue weighted by molar-refractivity contribution is 0.0734. The van der Waals surface area contributed by atoms with Crippen LogP contribution in [0.1, 0.15) is 32.0 Å². The van der Waals surface area contributed by atoms with Gasteiger partial charge in [-0.05, 0) is 61.0 Å². The summed E-state index contributed by atoms with van der Waals surface area (Å²) in [7, 11) is 0. The second-order valence-electron chi connectivity index (χ2n) is 8.63. The highest BCUT2D eigenvalue weighted by atomic mass is 79.9. The number of amides is 1. The highest BCUT2D eigenvalue weighted by molar-refractivity contribution is 9.10. The molecule has 5 rings (SSSR count). The second kappa shape index (κ2) is 11.6. The number of aryl methyl sites for hydroxylation is 1. The average molecular weight is 666 g/mol. The SMILES string of the molecule is Cc1cccc2c(-c3ccccc3Cl)c(C(=O)NN=Cc3cc(Br)ccc3OC(=O)c3ccc(Br)cc3)[nH]c12. The fraction of sp³-hybridized carbons (Fsp3) is 0.0333. The third-order valence-corrected chi connectivity index (χ3v) is 7.39. The number of nitrogens with zero attached hydrogens (tertiary/aromatic N) is 1. The normalized spacial score (nSPS) is 11.2. The maximum atomic E-state index is 13.4. The van der Waals surface area contributed by atoms with Crippen molar-refractivity contribution in [3.05, 3.63) is 121 Å². The van der Waals surface area contributed by atoms with Crippen molar-refractivity contribution < 1.29 is 14.3 Å². The number of fused-ring (bicyclic) bond motifs is 1. The Balaban J connectivity index is 1.43. The lowest BCUT2D eigenvalue weighted by Gasteiger charge is -2.09. The third kappa shape index (κ3) is 5.83. The summed E-state index contributed by atoms with van der Waals surface area (Å²) in [6, 6.07) is 25.2. The van der Waals surface area contributed by atoms with E-state index < -0.39 is 11.9 Å². The highest BCUT2D eigenvalue weighted by Crippen LogP contribution is 2.37. The number of aromatic amines is 1. The first kappa shape index (κ1) is 26.9. The largest absolute Gasteiger partial charge is 0.422 e. The van der Waals surface area contributed by atoms with E-state index >= 15 is 0 Å². The fourth-order valence-corrected chi connectivity index (χ4v) is 5.03. The molecular weight excluding hydrogens is 646 g/mol. The molecule has 0 spiro atoms. The molecule has 4 aromatic carbocycles. The van der Waals surface area contributed by atoms with Crippen LogP contribution in [-0.4, -0.2) is 23.1 Å². The maximum absolute atomic E-state index is 13.4. The standard InChI is InChI=1S/C30H20Br2ClN3O3/c1-17-5-4-7-23-26(22-6-2-3-8-24(22)33)28(35-27(17)23)29(37)36-34-16-19-15-21(32)13-14-25(19)39-30(38)18-9-11-20(31)12-10-18/h2-16,35H,1H3,(H,36,37). The molecule has 0 unspecified atom stereocenters. The van der Waals surface area contributed by atoms with Crippen molar-refractivity contribution in [2.75, 3.05) is 0 Å². The average Bonchev–Trinajstić information content (AvgIpc) is 3.31. The van der Waals surface area contributed by atoms with Gasteiger partial charge in [0.1, 0.15) is 11.4 Å². The molecular formula is C30H20Br2ClN3O3. The molecule has 9 heteroatoms. The Bertz CT molecular complexity index is 1750. The molecule has 0 bridgehead atoms. The van der Waals surface area contributed by atoms with Crippen molar-refractivity contribution in [3.8, 4) is 16.9 Å². The molecule has 0 saturated heterocycles. The van der Waals surface area contributed by atoms with Crippen LogP contribution in [0.5, 0.6) is 5.75 Å². The van der Waals surface area contributed by atoms with Crippen LogP contribution >= 0.6 is 43.5 Å². The van der Waals surface area contributed by atoms with Crippen molar-refractivity contribution >= 4 is 72.5 Å². The fourth-order valence-electron chi connectivity index (χ4n) is 4.15. The van der Waals surface area contributed by atoms with E-state index in [1.165, 1.54) is 6.21 Å². The number of carbonyl (C=O) groups is 2. The third-order valence-electron chi connectivity index (χ3n) is 6.04. The monoisotopic (exact) mass is 663 g/mol. The minimum atomic E-state index is -0.513. The minimum absolute atomic E-state index is 0.294. The summed E-state index contributed by atoms with van der Waals surface area (Å²) in [5.74, 6) is -0.663. The molecule has 2 N–H and O–H groups in total. The van der Waals surface area contributed by atoms with E-state index in [0.717, 1.165) is 31.0 Å². The molecule has 0 aliphatic rings. The van der Waals surface area contributed by atoms with Crippen molar-refractivity contribution in [3.63, 3.8) is 0 Å². The Morgan fingerprint density at radius 1 is 0.949 bits per heavy atom. The first-order valence-corrected chi connectivity index (χ1v) is 13.7. The number of hydrazone groups is 1. The van der Waals surface area contributed by atoms with E-state index in [4.69, 9.17) is 16.3 Å². The van der Waals surface area contributed by atoms with Crippen LogP contribution in [0.15, 0.2) is 99.0 Å². The molecule has 0 radical (unpaired) electrons. The summed E-state index contributed by atoms with van der Waals surface area (Å²) in [4.78, 5) is 29.3. The number of ether oxygens (including phenoxy) is 1. The Morgan fingerprint density at radius 3 is 2.46 bits per heavy atom. The summed E-state index contributed by atoms with van der Waals surface area (Å²) in [5.41, 5.74) is 7.09. The topological polar surface area (TPSA) is 83.5 Å². The molecule has 0 atom stereocenters. The molecule has 1 amide bonds. The Labute approximate surface area is 246 Å². The van der Waals surface area contributed by atoms with Crippen LogP contribution < -0.4 is 10.2 Å². The number of hydrogen-bond donors (Lipinski definition) is 2. The lowest BCUT2D eigenvalue weighted by atomic mass is 10.0. The Hall–Kier alpha value is -3.72. The molecule has 0 saturated carbocycles. The van der Waals surface area contributed by atoms with Crippen LogP contribution in [0.25, 0.3) is 22.0 Å². The van der Waals surface area contributed by atoms with Gasteiger partial charge < -0.3 is 9.72 Å². The van der Waals surface area contributed by atoms with Gasteiger partial charge in [0.25, 0.3) is 5.91 Å². The Kier molecular flexibility index (Phi) is 7.97. The number of para-hydroxylation sites is 1. The van der Waals surface area contributed by atoms with Crippen molar-refractivity contribution in [1.29, 1.82) is 0 Å². The number of H-pyrrole nitrogens is 1. The smallest absolute Gasteiger partial charge is 0.343 e. The van der Waals surface area contributed by atoms with E-state index in [2.05, 4.69) is 47.4 Å². The molecule has 0 fully saturated rings. The van der Waals surface area contributed by atoms with Crippen molar-refractivity contribution in [1.82, 2.24) is 10.4 Å². The predicted molar refractivity (Wildman–Crippen MR) is 162 cm³/mol. The number of hydrogen-bond acceptors (Lipinski definition) is 4. The summed E-state index contributed by atoms with van der Waals surface area (Å²) >= 11 is 13.3. The zero-order valence-corrected chi connectivity index (χ0v) is 24.4. The van der Waals surface area contributed by atoms with Gasteiger partial charge in [-0.15, -0.1) is 0 Å². The van der Waals surface area contributed by atoms with Crippen LogP contribution in [0.3, 0.4) is 0 Å². The first-order valence-electron chi connectivity index (χ1n) is 11.8. The molecule has 0 aliphatic carbocycles. The molecule has 6 nitrogen and oxygen atoms in total. The second-order valence-corrected chi connectivity index (χ2v) is 10.9. The number of carbonyl (C=O) groups excluding carboxylic acids is 2. The zero-order chi connectivity index (χ0) is 27.5. The molecule has 39 heavy (non-hydrogen) atoms. The number of halogens is 3. The van der Waals surface area contributed by atoms with Crippen LogP contribution in [0.4, 0.5) is 0 Å². The van der Waals surface area contributed by atoms with Gasteiger partial charge in [-0.25, -0.2) is 10.2 Å². The molecule has 1 aromatic heterocycles. The zero-order valence-electron chi connectivity index (χ0n) is 20.5.